The van der Waals surface area contributed by atoms with Crippen LogP contribution in [0.1, 0.15) is 33.2 Å². The van der Waals surface area contributed by atoms with Crippen LogP contribution in [0.2, 0.25) is 0 Å². The molecule has 1 N–H and O–H groups in total. The number of hydrogen-bond acceptors (Lipinski definition) is 3. The maximum Gasteiger partial charge on any atom is 0.255 e. The molecule has 0 atom stereocenters. The van der Waals surface area contributed by atoms with Gasteiger partial charge >= 0.3 is 0 Å². The van der Waals surface area contributed by atoms with Crippen LogP contribution in [0.4, 0.5) is 5.69 Å². The molecule has 24 heavy (non-hydrogen) atoms. The Morgan fingerprint density at radius 1 is 1.12 bits per heavy atom. The van der Waals surface area contributed by atoms with E-state index in [0.29, 0.717) is 29.2 Å². The molecule has 0 aromatic heterocycles. The third-order valence-electron chi connectivity index (χ3n) is 3.63. The number of nitrogens with one attached hydrogen (secondary N) is 1. The number of carbonyl (C=O) groups is 2. The molecule has 2 aromatic carbocycles. The average Bonchev–Trinajstić information content (AvgIpc) is 2.56. The summed E-state index contributed by atoms with van der Waals surface area (Å²) in [6.45, 7) is 4.26. The Morgan fingerprint density at radius 2 is 1.83 bits per heavy atom. The summed E-state index contributed by atoms with van der Waals surface area (Å²) in [7, 11) is 3.40. The third kappa shape index (κ3) is 3.93. The fraction of sp³-hybridized carbons (Fsp3) is 0.263. The van der Waals surface area contributed by atoms with Crippen molar-refractivity contribution in [2.45, 2.75) is 13.8 Å². The number of amides is 2. The van der Waals surface area contributed by atoms with E-state index >= 15 is 0 Å². The van der Waals surface area contributed by atoms with Crippen molar-refractivity contribution in [1.82, 2.24) is 4.90 Å². The van der Waals surface area contributed by atoms with Crippen molar-refractivity contribution >= 4 is 17.5 Å². The molecule has 0 aliphatic heterocycles. The van der Waals surface area contributed by atoms with Gasteiger partial charge in [0.2, 0.25) is 0 Å². The highest BCUT2D eigenvalue weighted by atomic mass is 16.5. The molecule has 0 heterocycles. The summed E-state index contributed by atoms with van der Waals surface area (Å²) in [4.78, 5) is 26.2. The molecule has 0 aliphatic rings. The van der Waals surface area contributed by atoms with Crippen LogP contribution in [0.15, 0.2) is 42.5 Å². The number of carbonyl (C=O) groups excluding carboxylic acids is 2. The summed E-state index contributed by atoms with van der Waals surface area (Å²) in [6, 6.07) is 12.3. The number of benzene rings is 2. The Kier molecular flexibility index (Phi) is 5.58. The van der Waals surface area contributed by atoms with Gasteiger partial charge < -0.3 is 15.0 Å². The second-order valence-corrected chi connectivity index (χ2v) is 5.59. The first-order valence-electron chi connectivity index (χ1n) is 7.79. The highest BCUT2D eigenvalue weighted by molar-refractivity contribution is 6.06. The van der Waals surface area contributed by atoms with Gasteiger partial charge in [-0.05, 0) is 49.7 Å². The smallest absolute Gasteiger partial charge is 0.255 e. The SMILES string of the molecule is CCOc1cccc(C(=O)Nc2cccc(C(=O)N(C)C)c2C)c1. The zero-order chi connectivity index (χ0) is 17.7. The normalized spacial score (nSPS) is 10.2. The van der Waals surface area contributed by atoms with Crippen molar-refractivity contribution in [1.29, 1.82) is 0 Å². The quantitative estimate of drug-likeness (QED) is 0.916. The molecular formula is C19H22N2O3. The lowest BCUT2D eigenvalue weighted by atomic mass is 10.1. The first-order valence-corrected chi connectivity index (χ1v) is 7.79. The summed E-state index contributed by atoms with van der Waals surface area (Å²) in [5.41, 5.74) is 2.44. The molecule has 5 nitrogen and oxygen atoms in total. The van der Waals surface area contributed by atoms with Crippen LogP contribution in [0.5, 0.6) is 5.75 Å². The molecule has 126 valence electrons. The molecule has 2 amide bonds. The summed E-state index contributed by atoms with van der Waals surface area (Å²) in [5.74, 6) is 0.314. The Balaban J connectivity index is 2.25. The molecule has 0 radical (unpaired) electrons. The molecule has 0 bridgehead atoms. The Bertz CT molecular complexity index is 754. The molecule has 0 spiro atoms. The van der Waals surface area contributed by atoms with Gasteiger partial charge in [-0.15, -0.1) is 0 Å². The van der Waals surface area contributed by atoms with E-state index in [-0.39, 0.29) is 11.8 Å². The lowest BCUT2D eigenvalue weighted by molar-refractivity contribution is 0.0826. The van der Waals surface area contributed by atoms with Crippen LogP contribution in [-0.4, -0.2) is 37.4 Å². The molecule has 2 aromatic rings. The number of ether oxygens (including phenoxy) is 1. The highest BCUT2D eigenvalue weighted by Crippen LogP contribution is 2.21. The first-order chi connectivity index (χ1) is 11.4. The van der Waals surface area contributed by atoms with Gasteiger partial charge in [0.15, 0.2) is 0 Å². The maximum absolute atomic E-state index is 12.5. The number of nitrogens with zero attached hydrogens (tertiary/aromatic N) is 1. The number of hydrogen-bond donors (Lipinski definition) is 1. The van der Waals surface area contributed by atoms with Gasteiger partial charge in [-0.3, -0.25) is 9.59 Å². The van der Waals surface area contributed by atoms with Crippen LogP contribution in [0.25, 0.3) is 0 Å². The maximum atomic E-state index is 12.5. The van der Waals surface area contributed by atoms with Crippen molar-refractivity contribution < 1.29 is 14.3 Å². The van der Waals surface area contributed by atoms with Gasteiger partial charge in [0.05, 0.1) is 6.61 Å². The van der Waals surface area contributed by atoms with Crippen molar-refractivity contribution in [3.05, 3.63) is 59.2 Å². The standard InChI is InChI=1S/C19H22N2O3/c1-5-24-15-9-6-8-14(12-15)18(22)20-17-11-7-10-16(13(17)2)19(23)21(3)4/h6-12H,5H2,1-4H3,(H,20,22). The molecule has 0 saturated carbocycles. The summed E-state index contributed by atoms with van der Waals surface area (Å²) in [5, 5.41) is 2.86. The fourth-order valence-electron chi connectivity index (χ4n) is 2.33. The molecule has 0 aliphatic carbocycles. The van der Waals surface area contributed by atoms with Crippen LogP contribution < -0.4 is 10.1 Å². The lowest BCUT2D eigenvalue weighted by Gasteiger charge is -2.15. The molecule has 2 rings (SSSR count). The number of anilines is 1. The fourth-order valence-corrected chi connectivity index (χ4v) is 2.33. The van der Waals surface area contributed by atoms with E-state index in [1.807, 2.05) is 19.9 Å². The van der Waals surface area contributed by atoms with Crippen molar-refractivity contribution in [3.8, 4) is 5.75 Å². The monoisotopic (exact) mass is 326 g/mol. The summed E-state index contributed by atoms with van der Waals surface area (Å²) in [6.07, 6.45) is 0. The van der Waals surface area contributed by atoms with Crippen molar-refractivity contribution in [3.63, 3.8) is 0 Å². The highest BCUT2D eigenvalue weighted by Gasteiger charge is 2.15. The summed E-state index contributed by atoms with van der Waals surface area (Å²) < 4.78 is 5.42. The van der Waals surface area contributed by atoms with Crippen molar-refractivity contribution in [2.75, 3.05) is 26.0 Å². The minimum absolute atomic E-state index is 0.0954. The van der Waals surface area contributed by atoms with Gasteiger partial charge in [0.25, 0.3) is 11.8 Å². The van der Waals surface area contributed by atoms with E-state index in [1.165, 1.54) is 4.90 Å². The van der Waals surface area contributed by atoms with Crippen LogP contribution in [-0.2, 0) is 0 Å². The topological polar surface area (TPSA) is 58.6 Å². The molecule has 0 unspecified atom stereocenters. The van der Waals surface area contributed by atoms with Gasteiger partial charge in [0, 0.05) is 30.9 Å². The first kappa shape index (κ1) is 17.5. The summed E-state index contributed by atoms with van der Waals surface area (Å²) >= 11 is 0. The molecule has 5 heteroatoms. The minimum Gasteiger partial charge on any atom is -0.494 e. The number of rotatable bonds is 5. The van der Waals surface area contributed by atoms with Gasteiger partial charge in [0.1, 0.15) is 5.75 Å². The van der Waals surface area contributed by atoms with E-state index in [0.717, 1.165) is 5.56 Å². The van der Waals surface area contributed by atoms with E-state index in [2.05, 4.69) is 5.32 Å². The van der Waals surface area contributed by atoms with Gasteiger partial charge in [-0.1, -0.05) is 12.1 Å². The second kappa shape index (κ2) is 7.64. The van der Waals surface area contributed by atoms with Crippen LogP contribution in [0, 0.1) is 6.92 Å². The van der Waals surface area contributed by atoms with E-state index in [1.54, 1.807) is 50.5 Å². The van der Waals surface area contributed by atoms with E-state index in [4.69, 9.17) is 4.74 Å². The van der Waals surface area contributed by atoms with Gasteiger partial charge in [-0.25, -0.2) is 0 Å². The predicted molar refractivity (Wildman–Crippen MR) is 94.8 cm³/mol. The molecule has 0 fully saturated rings. The Labute approximate surface area is 142 Å². The zero-order valence-corrected chi connectivity index (χ0v) is 14.4. The Morgan fingerprint density at radius 3 is 2.50 bits per heavy atom. The van der Waals surface area contributed by atoms with E-state index in [9.17, 15) is 9.59 Å². The zero-order valence-electron chi connectivity index (χ0n) is 14.4. The Hall–Kier alpha value is -2.82. The lowest BCUT2D eigenvalue weighted by Crippen LogP contribution is -2.23. The second-order valence-electron chi connectivity index (χ2n) is 5.59. The minimum atomic E-state index is -0.242. The molecule has 0 saturated heterocycles. The predicted octanol–water partition coefficient (Wildman–Crippen LogP) is 3.35. The average molecular weight is 326 g/mol. The third-order valence-corrected chi connectivity index (χ3v) is 3.63. The van der Waals surface area contributed by atoms with Crippen molar-refractivity contribution in [2.24, 2.45) is 0 Å². The van der Waals surface area contributed by atoms with Gasteiger partial charge in [-0.2, -0.15) is 0 Å². The van der Waals surface area contributed by atoms with E-state index < -0.39 is 0 Å². The van der Waals surface area contributed by atoms with Crippen LogP contribution in [0.3, 0.4) is 0 Å². The molecular weight excluding hydrogens is 304 g/mol. The largest absolute Gasteiger partial charge is 0.494 e. The van der Waals surface area contributed by atoms with Crippen LogP contribution >= 0.6 is 0 Å².